The van der Waals surface area contributed by atoms with Gasteiger partial charge < -0.3 is 4.55 Å². The molecule has 0 spiro atoms. The van der Waals surface area contributed by atoms with E-state index in [2.05, 4.69) is 52.3 Å². The van der Waals surface area contributed by atoms with Gasteiger partial charge in [0.05, 0.1) is 0 Å². The van der Waals surface area contributed by atoms with Crippen LogP contribution < -0.4 is 0 Å². The van der Waals surface area contributed by atoms with Gasteiger partial charge >= 0.3 is 0 Å². The summed E-state index contributed by atoms with van der Waals surface area (Å²) in [4.78, 5) is 0. The van der Waals surface area contributed by atoms with Crippen molar-refractivity contribution in [1.82, 2.24) is 0 Å². The standard InChI is InChI=1S/C12H26O2S2Si/c1-10(2)17(11(3)4,12(5)6)9-8-15-16(7,13)14/h10-12,15H,1-7H3,(H,13,14). The first kappa shape index (κ1) is 17.2. The van der Waals surface area contributed by atoms with Crippen LogP contribution in [-0.4, -0.2) is 23.1 Å². The van der Waals surface area contributed by atoms with Gasteiger partial charge in [-0.1, -0.05) is 41.5 Å². The first-order chi connectivity index (χ1) is 7.54. The van der Waals surface area contributed by atoms with Gasteiger partial charge in [0.1, 0.15) is 16.8 Å². The fraction of sp³-hybridized carbons (Fsp3) is 0.833. The summed E-state index contributed by atoms with van der Waals surface area (Å²) >= 11 is 0. The Labute approximate surface area is 111 Å². The van der Waals surface area contributed by atoms with Crippen molar-refractivity contribution < 1.29 is 8.76 Å². The molecule has 0 aliphatic carbocycles. The van der Waals surface area contributed by atoms with Crippen LogP contribution >= 0.6 is 0 Å². The summed E-state index contributed by atoms with van der Waals surface area (Å²) in [7, 11) is -4.12. The summed E-state index contributed by atoms with van der Waals surface area (Å²) < 4.78 is 20.5. The van der Waals surface area contributed by atoms with Gasteiger partial charge in [-0.05, 0) is 32.2 Å². The third-order valence-electron chi connectivity index (χ3n) is 3.35. The van der Waals surface area contributed by atoms with Crippen LogP contribution in [0.15, 0.2) is 0 Å². The zero-order chi connectivity index (χ0) is 13.9. The molecule has 0 aliphatic heterocycles. The highest BCUT2D eigenvalue weighted by molar-refractivity contribution is 8.38. The van der Waals surface area contributed by atoms with Crippen LogP contribution in [0.4, 0.5) is 0 Å². The molecule has 102 valence electrons. The molecule has 1 atom stereocenters. The van der Waals surface area contributed by atoms with E-state index in [1.165, 1.54) is 6.26 Å². The van der Waals surface area contributed by atoms with Crippen LogP contribution in [0.1, 0.15) is 41.5 Å². The normalized spacial score (nSPS) is 15.9. The molecular formula is C12H26O2S2Si. The molecule has 0 aromatic carbocycles. The Morgan fingerprint density at radius 3 is 1.65 bits per heavy atom. The molecule has 0 aromatic heterocycles. The van der Waals surface area contributed by atoms with E-state index in [1.54, 1.807) is 0 Å². The molecule has 0 bridgehead atoms. The zero-order valence-corrected chi connectivity index (χ0v) is 14.7. The number of thiol groups is 1. The molecule has 0 aromatic rings. The van der Waals surface area contributed by atoms with Crippen LogP contribution in [-0.2, 0) is 19.1 Å². The predicted molar refractivity (Wildman–Crippen MR) is 84.3 cm³/mol. The molecule has 0 fully saturated rings. The summed E-state index contributed by atoms with van der Waals surface area (Å²) in [5.41, 5.74) is 5.12. The van der Waals surface area contributed by atoms with Crippen molar-refractivity contribution >= 4 is 27.2 Å². The van der Waals surface area contributed by atoms with Crippen molar-refractivity contribution in [2.45, 2.75) is 58.2 Å². The van der Waals surface area contributed by atoms with Crippen LogP contribution in [0, 0.1) is 10.8 Å². The number of rotatable bonds is 3. The summed E-state index contributed by atoms with van der Waals surface area (Å²) in [6.07, 6.45) is 1.34. The zero-order valence-electron chi connectivity index (χ0n) is 11.9. The lowest BCUT2D eigenvalue weighted by molar-refractivity contribution is 0.568. The minimum atomic E-state index is -2.75. The highest BCUT2D eigenvalue weighted by Crippen LogP contribution is 2.40. The predicted octanol–water partition coefficient (Wildman–Crippen LogP) is 3.28. The van der Waals surface area contributed by atoms with Crippen molar-refractivity contribution in [3.8, 4) is 10.8 Å². The van der Waals surface area contributed by atoms with Gasteiger partial charge in [-0.2, -0.15) is 0 Å². The Morgan fingerprint density at radius 1 is 1.06 bits per heavy atom. The van der Waals surface area contributed by atoms with Crippen LogP contribution in [0.25, 0.3) is 0 Å². The van der Waals surface area contributed by atoms with Gasteiger partial charge in [0.2, 0.25) is 0 Å². The van der Waals surface area contributed by atoms with Crippen molar-refractivity contribution in [3.63, 3.8) is 0 Å². The monoisotopic (exact) mass is 294 g/mol. The number of hydrogen-bond acceptors (Lipinski definition) is 1. The minimum absolute atomic E-state index is 0.360. The minimum Gasteiger partial charge on any atom is -0.309 e. The fourth-order valence-electron chi connectivity index (χ4n) is 2.64. The maximum atomic E-state index is 11.2. The molecular weight excluding hydrogens is 268 g/mol. The van der Waals surface area contributed by atoms with E-state index in [4.69, 9.17) is 0 Å². The quantitative estimate of drug-likeness (QED) is 0.476. The topological polar surface area (TPSA) is 37.3 Å². The van der Waals surface area contributed by atoms with Gasteiger partial charge in [-0.25, -0.2) is 4.21 Å². The van der Waals surface area contributed by atoms with E-state index in [0.717, 1.165) is 0 Å². The van der Waals surface area contributed by atoms with Gasteiger partial charge in [0, 0.05) is 6.26 Å². The number of hydrogen-bond donors (Lipinski definition) is 2. The van der Waals surface area contributed by atoms with Gasteiger partial charge in [-0.3, -0.25) is 0 Å². The molecule has 0 amide bonds. The van der Waals surface area contributed by atoms with E-state index in [1.807, 2.05) is 0 Å². The maximum Gasteiger partial charge on any atom is 0.147 e. The highest BCUT2D eigenvalue weighted by atomic mass is 32.9. The molecule has 1 unspecified atom stereocenters. The van der Waals surface area contributed by atoms with Gasteiger partial charge in [0.15, 0.2) is 0 Å². The summed E-state index contributed by atoms with van der Waals surface area (Å²) in [6.45, 7) is 13.4. The van der Waals surface area contributed by atoms with E-state index in [-0.39, 0.29) is 0 Å². The molecule has 17 heavy (non-hydrogen) atoms. The Balaban J connectivity index is 5.58. The molecule has 2 nitrogen and oxygen atoms in total. The maximum absolute atomic E-state index is 11.2. The third kappa shape index (κ3) is 4.78. The van der Waals surface area contributed by atoms with Crippen molar-refractivity contribution in [1.29, 1.82) is 0 Å². The first-order valence-corrected chi connectivity index (χ1v) is 11.6. The summed E-state index contributed by atoms with van der Waals surface area (Å²) in [5, 5.41) is 2.97. The lowest BCUT2D eigenvalue weighted by Gasteiger charge is -2.37. The van der Waals surface area contributed by atoms with E-state index in [0.29, 0.717) is 26.9 Å². The molecule has 5 heteroatoms. The Hall–Kier alpha value is 0.237. The van der Waals surface area contributed by atoms with Gasteiger partial charge in [0.25, 0.3) is 0 Å². The molecule has 0 saturated heterocycles. The Kier molecular flexibility index (Phi) is 6.51. The molecule has 1 N–H and O–H groups in total. The molecule has 0 saturated carbocycles. The van der Waals surface area contributed by atoms with E-state index in [9.17, 15) is 8.76 Å². The van der Waals surface area contributed by atoms with Crippen LogP contribution in [0.5, 0.6) is 0 Å². The summed E-state index contributed by atoms with van der Waals surface area (Å²) in [6, 6.07) is 0. The van der Waals surface area contributed by atoms with Crippen LogP contribution in [0.2, 0.25) is 16.6 Å². The van der Waals surface area contributed by atoms with E-state index < -0.39 is 16.8 Å². The van der Waals surface area contributed by atoms with Crippen LogP contribution in [0.3, 0.4) is 0 Å². The second-order valence-electron chi connectivity index (χ2n) is 5.49. The Bertz CT molecular complexity index is 392. The largest absolute Gasteiger partial charge is 0.309 e. The average molecular weight is 295 g/mol. The average Bonchev–Trinajstić information content (AvgIpc) is 2.08. The lowest BCUT2D eigenvalue weighted by atomic mass is 10.5. The second kappa shape index (κ2) is 6.42. The van der Waals surface area contributed by atoms with Crippen molar-refractivity contribution in [2.75, 3.05) is 6.26 Å². The lowest BCUT2D eigenvalue weighted by Crippen LogP contribution is -2.43. The Morgan fingerprint density at radius 2 is 1.41 bits per heavy atom. The smallest absolute Gasteiger partial charge is 0.147 e. The SMILES string of the molecule is CC(C)[Si](C#C[SH]=S(C)(=O)O)(C(C)C)C(C)C. The second-order valence-corrected chi connectivity index (χ2v) is 15.6. The highest BCUT2D eigenvalue weighted by Gasteiger charge is 2.41. The van der Waals surface area contributed by atoms with Crippen molar-refractivity contribution in [2.24, 2.45) is 0 Å². The molecule has 0 rings (SSSR count). The summed E-state index contributed by atoms with van der Waals surface area (Å²) in [5.74, 6) is 0. The molecule has 0 aliphatic rings. The molecule has 0 heterocycles. The first-order valence-electron chi connectivity index (χ1n) is 5.99. The van der Waals surface area contributed by atoms with Crippen molar-refractivity contribution in [3.05, 3.63) is 0 Å². The fourth-order valence-corrected chi connectivity index (χ4v) is 9.55. The third-order valence-corrected chi connectivity index (χ3v) is 11.7. The van der Waals surface area contributed by atoms with Gasteiger partial charge in [-0.15, -0.1) is 5.54 Å². The van der Waals surface area contributed by atoms with E-state index >= 15 is 0 Å². The molecule has 0 radical (unpaired) electrons.